The third kappa shape index (κ3) is 27.7. The standard InChI is InChI=1S/C10H18O2.C9H16O2.C6H12O2.2BrH.Cu.Li/c1-2-3-4-5-6-7-10-11-8-9-12-10;1-5-8(6-2)11-9(10)7(3)4;1-2-3-6-7-4-5-8-6;;;;/h3-4,10H,2,5-9H2,1H3;5,7-8H,1,6H2,2-4H3;6H,2-5H2,1H3;2*1H;;/q;;;;;+2;/p-2/b4-3+;;;;;;. The first-order valence-electron chi connectivity index (χ1n) is 12.2. The largest absolute Gasteiger partial charge is 0 e. The average molecular weight is 673 g/mol. The molecule has 6 nitrogen and oxygen atoms in total. The van der Waals surface area contributed by atoms with Gasteiger partial charge in [-0.1, -0.05) is 65.8 Å². The van der Waals surface area contributed by atoms with Crippen molar-refractivity contribution >= 4 is 53.1 Å². The van der Waals surface area contributed by atoms with E-state index in [-0.39, 0.29) is 49.4 Å². The fraction of sp³-hybridized carbons (Fsp3) is 0.800. The number of hydrogen-bond acceptors (Lipinski definition) is 6. The van der Waals surface area contributed by atoms with E-state index in [1.54, 1.807) is 6.08 Å². The van der Waals surface area contributed by atoms with Gasteiger partial charge in [-0.2, -0.15) is 0 Å². The Morgan fingerprint density at radius 2 is 1.49 bits per heavy atom. The second kappa shape index (κ2) is 31.1. The van der Waals surface area contributed by atoms with E-state index < -0.39 is 0 Å². The first-order valence-corrected chi connectivity index (χ1v) is 16.8. The summed E-state index contributed by atoms with van der Waals surface area (Å²) in [5.41, 5.74) is 0. The summed E-state index contributed by atoms with van der Waals surface area (Å²) in [5, 5.41) is 0. The van der Waals surface area contributed by atoms with Gasteiger partial charge in [0, 0.05) is 18.9 Å². The first kappa shape index (κ1) is 40.4. The fourth-order valence-electron chi connectivity index (χ4n) is 2.65. The van der Waals surface area contributed by atoms with Crippen LogP contribution >= 0.6 is 28.2 Å². The Balaban J connectivity index is -0.000000415. The zero-order valence-electron chi connectivity index (χ0n) is 22.5. The van der Waals surface area contributed by atoms with Gasteiger partial charge in [-0.25, -0.2) is 0 Å². The number of halogens is 2. The predicted molar refractivity (Wildman–Crippen MR) is 148 cm³/mol. The topological polar surface area (TPSA) is 63.2 Å². The van der Waals surface area contributed by atoms with Crippen LogP contribution < -0.4 is 0 Å². The molecule has 0 aromatic carbocycles. The van der Waals surface area contributed by atoms with E-state index in [0.717, 1.165) is 65.0 Å². The van der Waals surface area contributed by atoms with Crippen LogP contribution in [0.1, 0.15) is 79.6 Å². The van der Waals surface area contributed by atoms with Gasteiger partial charge in [-0.15, -0.1) is 0 Å². The molecule has 0 N–H and O–H groups in total. The van der Waals surface area contributed by atoms with Crippen molar-refractivity contribution in [3.05, 3.63) is 24.8 Å². The molecular weight excluding hydrogens is 627 g/mol. The molecule has 2 fully saturated rings. The van der Waals surface area contributed by atoms with Crippen LogP contribution in [0.15, 0.2) is 24.8 Å². The summed E-state index contributed by atoms with van der Waals surface area (Å²) in [7, 11) is 0. The molecule has 0 saturated carbocycles. The van der Waals surface area contributed by atoms with E-state index in [0.29, 0.717) is 0 Å². The Morgan fingerprint density at radius 1 is 1.00 bits per heavy atom. The molecule has 1 radical (unpaired) electrons. The first-order chi connectivity index (χ1) is 16.4. The molecule has 0 spiro atoms. The molecule has 2 rings (SSSR count). The maximum absolute atomic E-state index is 11.0. The minimum absolute atomic E-state index is 0. The van der Waals surface area contributed by atoms with Crippen LogP contribution in [0.25, 0.3) is 0 Å². The number of carbonyl (C=O) groups excluding carboxylic acids is 1. The monoisotopic (exact) mass is 670 g/mol. The van der Waals surface area contributed by atoms with Crippen molar-refractivity contribution < 1.29 is 39.8 Å². The van der Waals surface area contributed by atoms with Crippen LogP contribution in [0.5, 0.6) is 0 Å². The van der Waals surface area contributed by atoms with Crippen LogP contribution in [0.3, 0.4) is 0 Å². The Labute approximate surface area is 246 Å². The molecule has 10 heteroatoms. The van der Waals surface area contributed by atoms with Crippen molar-refractivity contribution in [2.24, 2.45) is 5.92 Å². The summed E-state index contributed by atoms with van der Waals surface area (Å²) in [4.78, 5) is 11.0. The Kier molecular flexibility index (Phi) is 35.9. The van der Waals surface area contributed by atoms with Gasteiger partial charge in [0.2, 0.25) is 0 Å². The molecule has 2 aliphatic heterocycles. The summed E-state index contributed by atoms with van der Waals surface area (Å²) >= 11 is 7.38. The number of ether oxygens (including phenoxy) is 5. The molecule has 1 unspecified atom stereocenters. The molecule has 0 aliphatic carbocycles. The molecule has 0 bridgehead atoms. The zero-order chi connectivity index (χ0) is 26.0. The Hall–Kier alpha value is 0.867. The van der Waals surface area contributed by atoms with Crippen molar-refractivity contribution in [2.75, 3.05) is 26.4 Å². The van der Waals surface area contributed by atoms with E-state index >= 15 is 0 Å². The van der Waals surface area contributed by atoms with E-state index in [1.807, 2.05) is 20.8 Å². The third-order valence-electron chi connectivity index (χ3n) is 4.52. The number of esters is 1. The normalized spacial score (nSPS) is 16.3. The summed E-state index contributed by atoms with van der Waals surface area (Å²) in [5.74, 6) is -0.208. The smallest absolute Gasteiger partial charge is 0 e. The van der Waals surface area contributed by atoms with Gasteiger partial charge in [0.05, 0.1) is 32.3 Å². The fourth-order valence-corrected chi connectivity index (χ4v) is 2.65. The van der Waals surface area contributed by atoms with Gasteiger partial charge in [0.25, 0.3) is 0 Å². The molecule has 0 aromatic heterocycles. The number of allylic oxidation sites excluding steroid dienone is 2. The molecule has 0 amide bonds. The third-order valence-corrected chi connectivity index (χ3v) is 4.52. The molecule has 1 atom stereocenters. The van der Waals surface area contributed by atoms with Gasteiger partial charge in [-0.3, -0.25) is 4.79 Å². The molecule has 0 aromatic rings. The average Bonchev–Trinajstić information content (AvgIpc) is 3.53. The van der Waals surface area contributed by atoms with Gasteiger partial charge in [-0.05, 0) is 38.5 Å². The molecule has 208 valence electrons. The summed E-state index contributed by atoms with van der Waals surface area (Å²) in [6.45, 7) is 16.6. The summed E-state index contributed by atoms with van der Waals surface area (Å²) in [6, 6.07) is 0. The number of carbonyl (C=O) groups is 1. The Bertz CT molecular complexity index is 489. The van der Waals surface area contributed by atoms with Crippen LogP contribution in [0.4, 0.5) is 0 Å². The predicted octanol–water partition coefficient (Wildman–Crippen LogP) is 7.11. The van der Waals surface area contributed by atoms with E-state index in [4.69, 9.17) is 23.7 Å². The van der Waals surface area contributed by atoms with Crippen molar-refractivity contribution in [2.45, 2.75) is 98.2 Å². The minimum atomic E-state index is -0.156. The van der Waals surface area contributed by atoms with Gasteiger partial charge >= 0.3 is 45.5 Å². The molecule has 35 heavy (non-hydrogen) atoms. The van der Waals surface area contributed by atoms with E-state index in [9.17, 15) is 4.79 Å². The molecular formula is C25H46Br2CuLiO6. The van der Waals surface area contributed by atoms with Gasteiger partial charge in [0.1, 0.15) is 6.10 Å². The number of hydrogen-bond donors (Lipinski definition) is 0. The summed E-state index contributed by atoms with van der Waals surface area (Å²) in [6.07, 6.45) is 13.6. The number of unbranched alkanes of at least 4 members (excludes halogenated alkanes) is 1. The second-order valence-corrected chi connectivity index (χ2v) is 12.5. The zero-order valence-corrected chi connectivity index (χ0v) is 26.6. The quantitative estimate of drug-likeness (QED) is 0.101. The van der Waals surface area contributed by atoms with Crippen molar-refractivity contribution in [1.29, 1.82) is 0 Å². The van der Waals surface area contributed by atoms with Gasteiger partial charge < -0.3 is 23.7 Å². The van der Waals surface area contributed by atoms with E-state index in [1.165, 1.54) is 17.8 Å². The maximum atomic E-state index is 11.0. The molecule has 2 heterocycles. The Morgan fingerprint density at radius 3 is 1.86 bits per heavy atom. The van der Waals surface area contributed by atoms with Crippen molar-refractivity contribution in [1.82, 2.24) is 0 Å². The van der Waals surface area contributed by atoms with Crippen LogP contribution in [0.2, 0.25) is 0 Å². The molecule has 2 aliphatic rings. The van der Waals surface area contributed by atoms with Crippen LogP contribution in [0, 0.1) is 5.92 Å². The second-order valence-electron chi connectivity index (χ2n) is 7.76. The van der Waals surface area contributed by atoms with Crippen LogP contribution in [-0.2, 0) is 39.8 Å². The summed E-state index contributed by atoms with van der Waals surface area (Å²) < 4.78 is 26.0. The number of rotatable bonds is 11. The van der Waals surface area contributed by atoms with E-state index in [2.05, 4.69) is 60.8 Å². The van der Waals surface area contributed by atoms with Crippen LogP contribution in [-0.4, -0.2) is 69.9 Å². The minimum Gasteiger partial charge on any atom is 0 e. The van der Waals surface area contributed by atoms with Crippen molar-refractivity contribution in [3.8, 4) is 0 Å². The van der Waals surface area contributed by atoms with Gasteiger partial charge in [0.15, 0.2) is 12.6 Å². The molecule has 2 saturated heterocycles. The maximum Gasteiger partial charge on any atom is 0 e. The van der Waals surface area contributed by atoms with Crippen molar-refractivity contribution in [3.63, 3.8) is 0 Å². The SMILES string of the molecule is C=CC(CC)OC(=O)C(C)C.CC/C=C/CCCC1OCCO1.CCCC1OCCO1.[Br][Cu][Br].[Li].